The highest BCUT2D eigenvalue weighted by atomic mass is 35.5. The monoisotopic (exact) mass is 374 g/mol. The van der Waals surface area contributed by atoms with Crippen LogP contribution < -0.4 is 21.3 Å². The van der Waals surface area contributed by atoms with Gasteiger partial charge in [-0.05, 0) is 36.2 Å². The maximum atomic E-state index is 12.5. The number of benzene rings is 2. The summed E-state index contributed by atoms with van der Waals surface area (Å²) in [4.78, 5) is 25.7. The molecule has 0 fully saturated rings. The molecule has 138 valence electrons. The molecule has 0 radical (unpaired) electrons. The Kier molecular flexibility index (Phi) is 6.46. The Balaban J connectivity index is 2.14. The first-order valence-corrected chi connectivity index (χ1v) is 8.54. The van der Waals surface area contributed by atoms with Gasteiger partial charge in [-0.1, -0.05) is 35.9 Å². The van der Waals surface area contributed by atoms with Crippen LogP contribution in [0, 0.1) is 6.92 Å². The van der Waals surface area contributed by atoms with Gasteiger partial charge >= 0.3 is 6.03 Å². The van der Waals surface area contributed by atoms with Crippen LogP contribution in [-0.4, -0.2) is 26.0 Å². The molecule has 0 saturated heterocycles. The number of hydrogen-bond acceptors (Lipinski definition) is 3. The molecule has 0 saturated carbocycles. The van der Waals surface area contributed by atoms with E-state index in [1.165, 1.54) is 0 Å². The molecule has 2 aromatic rings. The molecule has 1 atom stereocenters. The fraction of sp³-hybridized carbons (Fsp3) is 0.263. The second kappa shape index (κ2) is 8.58. The Morgan fingerprint density at radius 3 is 2.46 bits per heavy atom. The highest BCUT2D eigenvalue weighted by Crippen LogP contribution is 2.28. The van der Waals surface area contributed by atoms with Crippen LogP contribution in [0.15, 0.2) is 42.5 Å². The third kappa shape index (κ3) is 5.13. The molecule has 0 aliphatic rings. The van der Waals surface area contributed by atoms with Crippen molar-refractivity contribution in [2.45, 2.75) is 19.4 Å². The number of rotatable bonds is 6. The van der Waals surface area contributed by atoms with Crippen molar-refractivity contribution in [3.8, 4) is 0 Å². The van der Waals surface area contributed by atoms with Crippen LogP contribution in [0.4, 0.5) is 16.2 Å². The number of nitrogens with zero attached hydrogens (tertiary/aromatic N) is 1. The molecular weight excluding hydrogens is 352 g/mol. The molecule has 2 rings (SSSR count). The summed E-state index contributed by atoms with van der Waals surface area (Å²) < 4.78 is 0. The van der Waals surface area contributed by atoms with E-state index in [-0.39, 0.29) is 12.3 Å². The minimum Gasteiger partial charge on any atom is -0.376 e. The van der Waals surface area contributed by atoms with Gasteiger partial charge in [0.05, 0.1) is 23.2 Å². The van der Waals surface area contributed by atoms with Crippen molar-refractivity contribution in [2.24, 2.45) is 5.73 Å². The van der Waals surface area contributed by atoms with E-state index in [2.05, 4.69) is 10.6 Å². The van der Waals surface area contributed by atoms with Crippen LogP contribution in [0.25, 0.3) is 0 Å². The van der Waals surface area contributed by atoms with Gasteiger partial charge < -0.3 is 21.3 Å². The second-order valence-electron chi connectivity index (χ2n) is 6.23. The number of nitrogens with one attached hydrogen (secondary N) is 2. The van der Waals surface area contributed by atoms with Crippen molar-refractivity contribution < 1.29 is 9.59 Å². The van der Waals surface area contributed by atoms with Crippen molar-refractivity contribution in [3.63, 3.8) is 0 Å². The lowest BCUT2D eigenvalue weighted by molar-refractivity contribution is -0.116. The number of carbonyl (C=O) groups is 2. The van der Waals surface area contributed by atoms with E-state index in [1.807, 2.05) is 56.3 Å². The Morgan fingerprint density at radius 2 is 1.88 bits per heavy atom. The van der Waals surface area contributed by atoms with Crippen LogP contribution in [0.5, 0.6) is 0 Å². The largest absolute Gasteiger partial charge is 0.376 e. The van der Waals surface area contributed by atoms with Crippen molar-refractivity contribution in [1.82, 2.24) is 5.32 Å². The lowest BCUT2D eigenvalue weighted by Gasteiger charge is -2.20. The van der Waals surface area contributed by atoms with Gasteiger partial charge in [0.1, 0.15) is 0 Å². The standard InChI is InChI=1S/C19H23ClN4O2/c1-12-6-4-5-7-14(12)16(23-19(21)26)11-18(25)22-13-8-9-17(24(2)3)15(20)10-13/h4-10,16H,11H2,1-3H3,(H,22,25)(H3,21,23,26). The van der Waals surface area contributed by atoms with Crippen molar-refractivity contribution in [2.75, 3.05) is 24.3 Å². The number of carbonyl (C=O) groups excluding carboxylic acids is 2. The smallest absolute Gasteiger partial charge is 0.312 e. The highest BCUT2D eigenvalue weighted by molar-refractivity contribution is 6.33. The Labute approximate surface area is 158 Å². The normalized spacial score (nSPS) is 11.5. The Bertz CT molecular complexity index is 808. The van der Waals surface area contributed by atoms with Gasteiger partial charge in [-0.2, -0.15) is 0 Å². The molecule has 0 bridgehead atoms. The number of halogens is 1. The zero-order chi connectivity index (χ0) is 19.3. The molecule has 0 aliphatic heterocycles. The van der Waals surface area contributed by atoms with E-state index < -0.39 is 12.1 Å². The lowest BCUT2D eigenvalue weighted by Crippen LogP contribution is -2.35. The molecule has 4 N–H and O–H groups in total. The molecule has 0 aliphatic carbocycles. The first kappa shape index (κ1) is 19.6. The van der Waals surface area contributed by atoms with Gasteiger partial charge in [-0.25, -0.2) is 4.79 Å². The van der Waals surface area contributed by atoms with E-state index in [1.54, 1.807) is 12.1 Å². The second-order valence-corrected chi connectivity index (χ2v) is 6.64. The number of aryl methyl sites for hydroxylation is 1. The van der Waals surface area contributed by atoms with Crippen LogP contribution in [0.2, 0.25) is 5.02 Å². The molecule has 0 aromatic heterocycles. The van der Waals surface area contributed by atoms with E-state index in [4.69, 9.17) is 17.3 Å². The highest BCUT2D eigenvalue weighted by Gasteiger charge is 2.19. The number of hydrogen-bond donors (Lipinski definition) is 3. The van der Waals surface area contributed by atoms with Gasteiger partial charge in [0.15, 0.2) is 0 Å². The molecular formula is C19H23ClN4O2. The first-order valence-electron chi connectivity index (χ1n) is 8.16. The summed E-state index contributed by atoms with van der Waals surface area (Å²) >= 11 is 6.23. The summed E-state index contributed by atoms with van der Waals surface area (Å²) in [6.45, 7) is 1.92. The molecule has 0 heterocycles. The Hall–Kier alpha value is -2.73. The maximum absolute atomic E-state index is 12.5. The minimum absolute atomic E-state index is 0.0564. The molecule has 6 nitrogen and oxygen atoms in total. The van der Waals surface area contributed by atoms with Crippen LogP contribution in [0.1, 0.15) is 23.6 Å². The van der Waals surface area contributed by atoms with Crippen molar-refractivity contribution in [1.29, 1.82) is 0 Å². The third-order valence-electron chi connectivity index (χ3n) is 3.98. The summed E-state index contributed by atoms with van der Waals surface area (Å²) in [5.74, 6) is -0.249. The van der Waals surface area contributed by atoms with Gasteiger partial charge in [-0.15, -0.1) is 0 Å². The third-order valence-corrected chi connectivity index (χ3v) is 4.29. The molecule has 26 heavy (non-hydrogen) atoms. The van der Waals surface area contributed by atoms with Crippen molar-refractivity contribution in [3.05, 3.63) is 58.6 Å². The van der Waals surface area contributed by atoms with E-state index in [0.717, 1.165) is 16.8 Å². The molecule has 0 spiro atoms. The van der Waals surface area contributed by atoms with E-state index in [0.29, 0.717) is 10.7 Å². The fourth-order valence-electron chi connectivity index (χ4n) is 2.73. The number of nitrogens with two attached hydrogens (primary N) is 1. The Morgan fingerprint density at radius 1 is 1.19 bits per heavy atom. The predicted molar refractivity (Wildman–Crippen MR) is 106 cm³/mol. The molecule has 7 heteroatoms. The van der Waals surface area contributed by atoms with Crippen LogP contribution in [0.3, 0.4) is 0 Å². The van der Waals surface area contributed by atoms with Gasteiger partial charge in [0, 0.05) is 19.8 Å². The van der Waals surface area contributed by atoms with Gasteiger partial charge in [0.2, 0.25) is 5.91 Å². The molecule has 3 amide bonds. The van der Waals surface area contributed by atoms with Gasteiger partial charge in [-0.3, -0.25) is 4.79 Å². The number of amides is 3. The molecule has 2 aromatic carbocycles. The van der Waals surface area contributed by atoms with E-state index >= 15 is 0 Å². The first-order chi connectivity index (χ1) is 12.3. The SMILES string of the molecule is Cc1ccccc1C(CC(=O)Nc1ccc(N(C)C)c(Cl)c1)NC(N)=O. The molecule has 1 unspecified atom stereocenters. The summed E-state index contributed by atoms with van der Waals surface area (Å²) in [5, 5.41) is 5.98. The van der Waals surface area contributed by atoms with Gasteiger partial charge in [0.25, 0.3) is 0 Å². The summed E-state index contributed by atoms with van der Waals surface area (Å²) in [6.07, 6.45) is 0.0564. The number of primary amides is 1. The summed E-state index contributed by atoms with van der Waals surface area (Å²) in [6, 6.07) is 11.7. The van der Waals surface area contributed by atoms with Crippen LogP contribution >= 0.6 is 11.6 Å². The zero-order valence-corrected chi connectivity index (χ0v) is 15.8. The predicted octanol–water partition coefficient (Wildman–Crippen LogP) is 3.45. The topological polar surface area (TPSA) is 87.5 Å². The average Bonchev–Trinajstić information content (AvgIpc) is 2.54. The zero-order valence-electron chi connectivity index (χ0n) is 15.0. The fourth-order valence-corrected chi connectivity index (χ4v) is 3.08. The van der Waals surface area contributed by atoms with Crippen molar-refractivity contribution >= 4 is 34.9 Å². The number of anilines is 2. The van der Waals surface area contributed by atoms with E-state index in [9.17, 15) is 9.59 Å². The summed E-state index contributed by atoms with van der Waals surface area (Å²) in [5.41, 5.74) is 8.54. The average molecular weight is 375 g/mol. The minimum atomic E-state index is -0.676. The maximum Gasteiger partial charge on any atom is 0.312 e. The quantitative estimate of drug-likeness (QED) is 0.723. The number of urea groups is 1. The lowest BCUT2D eigenvalue weighted by atomic mass is 9.98. The summed E-state index contributed by atoms with van der Waals surface area (Å²) in [7, 11) is 3.78. The van der Waals surface area contributed by atoms with Crippen LogP contribution in [-0.2, 0) is 4.79 Å².